The maximum Gasteiger partial charge on any atom is 0.416 e. The largest absolute Gasteiger partial charge is 0.416 e. The van der Waals surface area contributed by atoms with Crippen LogP contribution >= 0.6 is 15.9 Å². The number of fused-ring (bicyclic) bond motifs is 1. The van der Waals surface area contributed by atoms with Gasteiger partial charge in [-0.3, -0.25) is 4.79 Å². The Kier molecular flexibility index (Phi) is 2.82. The topological polar surface area (TPSA) is 17.1 Å². The van der Waals surface area contributed by atoms with Gasteiger partial charge in [-0.1, -0.05) is 22.0 Å². The number of hydrogen-bond donors (Lipinski definition) is 0. The molecule has 0 amide bonds. The number of ketones is 1. The van der Waals surface area contributed by atoms with Crippen molar-refractivity contribution in [2.45, 2.75) is 23.8 Å². The molecule has 0 bridgehead atoms. The third kappa shape index (κ3) is 2.00. The Morgan fingerprint density at radius 2 is 2.00 bits per heavy atom. The molecule has 0 spiro atoms. The van der Waals surface area contributed by atoms with E-state index >= 15 is 0 Å². The summed E-state index contributed by atoms with van der Waals surface area (Å²) in [6.45, 7) is 0. The van der Waals surface area contributed by atoms with Crippen LogP contribution in [0.3, 0.4) is 0 Å². The standard InChI is InChI=1S/C11H8BrF3O/c12-9-4-1-6-5-7(11(13,14)15)2-3-8(6)10(9)16/h2-3,5,9H,1,4H2. The summed E-state index contributed by atoms with van der Waals surface area (Å²) in [6.07, 6.45) is -3.29. The van der Waals surface area contributed by atoms with Gasteiger partial charge in [0.15, 0.2) is 5.78 Å². The third-order valence-electron chi connectivity index (χ3n) is 2.65. The summed E-state index contributed by atoms with van der Waals surface area (Å²) in [7, 11) is 0. The van der Waals surface area contributed by atoms with Crippen molar-refractivity contribution < 1.29 is 18.0 Å². The molecular formula is C11H8BrF3O. The number of hydrogen-bond acceptors (Lipinski definition) is 1. The SMILES string of the molecule is O=C1c2ccc(C(F)(F)F)cc2CCC1Br. The molecule has 1 aliphatic rings. The molecule has 0 saturated carbocycles. The fourth-order valence-corrected chi connectivity index (χ4v) is 2.27. The van der Waals surface area contributed by atoms with Gasteiger partial charge in [-0.15, -0.1) is 0 Å². The highest BCUT2D eigenvalue weighted by Gasteiger charge is 2.33. The predicted molar refractivity (Wildman–Crippen MR) is 56.8 cm³/mol. The van der Waals surface area contributed by atoms with Crippen molar-refractivity contribution in [3.8, 4) is 0 Å². The van der Waals surface area contributed by atoms with Gasteiger partial charge in [-0.25, -0.2) is 0 Å². The van der Waals surface area contributed by atoms with Crippen molar-refractivity contribution in [2.75, 3.05) is 0 Å². The molecule has 16 heavy (non-hydrogen) atoms. The molecule has 1 aromatic rings. The summed E-state index contributed by atoms with van der Waals surface area (Å²) >= 11 is 3.21. The first kappa shape index (κ1) is 11.6. The summed E-state index contributed by atoms with van der Waals surface area (Å²) < 4.78 is 37.3. The van der Waals surface area contributed by atoms with E-state index in [1.807, 2.05) is 0 Å². The summed E-state index contributed by atoms with van der Waals surface area (Å²) in [4.78, 5) is 11.4. The van der Waals surface area contributed by atoms with E-state index in [4.69, 9.17) is 0 Å². The number of aryl methyl sites for hydroxylation is 1. The predicted octanol–water partition coefficient (Wildman–Crippen LogP) is 3.60. The fraction of sp³-hybridized carbons (Fsp3) is 0.364. The summed E-state index contributed by atoms with van der Waals surface area (Å²) in [5, 5.41) is 0. The van der Waals surface area contributed by atoms with E-state index in [1.54, 1.807) is 0 Å². The molecule has 0 N–H and O–H groups in total. The van der Waals surface area contributed by atoms with Gasteiger partial charge in [-0.05, 0) is 30.5 Å². The van der Waals surface area contributed by atoms with Crippen LogP contribution < -0.4 is 0 Å². The highest BCUT2D eigenvalue weighted by molar-refractivity contribution is 9.10. The van der Waals surface area contributed by atoms with E-state index < -0.39 is 11.7 Å². The molecule has 86 valence electrons. The van der Waals surface area contributed by atoms with Gasteiger partial charge in [0.05, 0.1) is 10.4 Å². The Labute approximate surface area is 98.8 Å². The summed E-state index contributed by atoms with van der Waals surface area (Å²) in [5.41, 5.74) is 0.212. The van der Waals surface area contributed by atoms with Crippen molar-refractivity contribution in [1.29, 1.82) is 0 Å². The molecule has 1 aromatic carbocycles. The third-order valence-corrected chi connectivity index (χ3v) is 3.52. The Balaban J connectivity index is 2.45. The second kappa shape index (κ2) is 3.87. The highest BCUT2D eigenvalue weighted by Crippen LogP contribution is 2.33. The zero-order valence-corrected chi connectivity index (χ0v) is 9.73. The van der Waals surface area contributed by atoms with E-state index in [9.17, 15) is 18.0 Å². The number of alkyl halides is 4. The first-order valence-electron chi connectivity index (χ1n) is 4.78. The molecular weight excluding hydrogens is 285 g/mol. The number of carbonyl (C=O) groups excluding carboxylic acids is 1. The number of benzene rings is 1. The van der Waals surface area contributed by atoms with Gasteiger partial charge in [0.1, 0.15) is 0 Å². The van der Waals surface area contributed by atoms with Crippen molar-refractivity contribution in [3.63, 3.8) is 0 Å². The molecule has 5 heteroatoms. The van der Waals surface area contributed by atoms with Crippen LogP contribution in [0.5, 0.6) is 0 Å². The lowest BCUT2D eigenvalue weighted by Gasteiger charge is -2.20. The first-order chi connectivity index (χ1) is 7.39. The molecule has 1 unspecified atom stereocenters. The Bertz CT molecular complexity index is 439. The molecule has 0 aliphatic heterocycles. The van der Waals surface area contributed by atoms with E-state index in [0.29, 0.717) is 24.0 Å². The average Bonchev–Trinajstić information content (AvgIpc) is 2.22. The fourth-order valence-electron chi connectivity index (χ4n) is 1.80. The van der Waals surface area contributed by atoms with Crippen molar-refractivity contribution in [2.24, 2.45) is 0 Å². The van der Waals surface area contributed by atoms with Crippen molar-refractivity contribution in [3.05, 3.63) is 34.9 Å². The molecule has 1 nitrogen and oxygen atoms in total. The van der Waals surface area contributed by atoms with Crippen LogP contribution in [0, 0.1) is 0 Å². The maximum absolute atomic E-state index is 12.4. The van der Waals surface area contributed by atoms with Gasteiger partial charge in [0, 0.05) is 5.56 Å². The Morgan fingerprint density at radius 1 is 1.31 bits per heavy atom. The Hall–Kier alpha value is -0.840. The number of Topliss-reactive ketones (excluding diaryl/α,β-unsaturated/α-hetero) is 1. The van der Waals surface area contributed by atoms with Gasteiger partial charge >= 0.3 is 6.18 Å². The minimum atomic E-state index is -4.34. The molecule has 1 atom stereocenters. The lowest BCUT2D eigenvalue weighted by molar-refractivity contribution is -0.137. The molecule has 2 rings (SSSR count). The maximum atomic E-state index is 12.4. The normalized spacial score (nSPS) is 20.8. The van der Waals surface area contributed by atoms with Crippen LogP contribution in [-0.2, 0) is 12.6 Å². The van der Waals surface area contributed by atoms with Crippen LogP contribution in [0.4, 0.5) is 13.2 Å². The molecule has 0 fully saturated rings. The van der Waals surface area contributed by atoms with E-state index in [1.165, 1.54) is 6.07 Å². The zero-order valence-electron chi connectivity index (χ0n) is 8.14. The molecule has 0 heterocycles. The molecule has 1 aliphatic carbocycles. The quantitative estimate of drug-likeness (QED) is 0.668. The van der Waals surface area contributed by atoms with Gasteiger partial charge in [-0.2, -0.15) is 13.2 Å². The molecule has 0 radical (unpaired) electrons. The smallest absolute Gasteiger partial charge is 0.293 e. The lowest BCUT2D eigenvalue weighted by Crippen LogP contribution is -2.23. The van der Waals surface area contributed by atoms with E-state index in [2.05, 4.69) is 15.9 Å². The first-order valence-corrected chi connectivity index (χ1v) is 5.69. The second-order valence-corrected chi connectivity index (χ2v) is 4.85. The van der Waals surface area contributed by atoms with Crippen LogP contribution in [0.25, 0.3) is 0 Å². The number of halogens is 4. The highest BCUT2D eigenvalue weighted by atomic mass is 79.9. The van der Waals surface area contributed by atoms with Crippen molar-refractivity contribution >= 4 is 21.7 Å². The van der Waals surface area contributed by atoms with Crippen LogP contribution in [0.1, 0.15) is 27.9 Å². The van der Waals surface area contributed by atoms with Crippen LogP contribution in [0.15, 0.2) is 18.2 Å². The monoisotopic (exact) mass is 292 g/mol. The number of carbonyl (C=O) groups is 1. The van der Waals surface area contributed by atoms with Gasteiger partial charge in [0.25, 0.3) is 0 Å². The molecule has 0 aromatic heterocycles. The average molecular weight is 293 g/mol. The lowest BCUT2D eigenvalue weighted by atomic mass is 9.89. The second-order valence-electron chi connectivity index (χ2n) is 3.74. The van der Waals surface area contributed by atoms with E-state index in [-0.39, 0.29) is 10.6 Å². The van der Waals surface area contributed by atoms with Crippen LogP contribution in [0.2, 0.25) is 0 Å². The van der Waals surface area contributed by atoms with Crippen LogP contribution in [-0.4, -0.2) is 10.6 Å². The zero-order chi connectivity index (χ0) is 11.9. The minimum Gasteiger partial charge on any atom is -0.293 e. The van der Waals surface area contributed by atoms with Crippen molar-refractivity contribution in [1.82, 2.24) is 0 Å². The minimum absolute atomic E-state index is 0.130. The summed E-state index contributed by atoms with van der Waals surface area (Å²) in [5.74, 6) is -0.130. The molecule has 0 saturated heterocycles. The van der Waals surface area contributed by atoms with Gasteiger partial charge < -0.3 is 0 Å². The summed E-state index contributed by atoms with van der Waals surface area (Å²) in [6, 6.07) is 3.31. The number of rotatable bonds is 0. The van der Waals surface area contributed by atoms with Gasteiger partial charge in [0.2, 0.25) is 0 Å². The Morgan fingerprint density at radius 3 is 2.62 bits per heavy atom. The van der Waals surface area contributed by atoms with E-state index in [0.717, 1.165) is 12.1 Å².